The summed E-state index contributed by atoms with van der Waals surface area (Å²) in [6.07, 6.45) is 2.84. The van der Waals surface area contributed by atoms with Crippen molar-refractivity contribution in [3.63, 3.8) is 0 Å². The van der Waals surface area contributed by atoms with Gasteiger partial charge < -0.3 is 14.4 Å². The highest BCUT2D eigenvalue weighted by Gasteiger charge is 2.25. The molecule has 38 heavy (non-hydrogen) atoms. The number of esters is 2. The highest BCUT2D eigenvalue weighted by atomic mass is 16.6. The van der Waals surface area contributed by atoms with Crippen molar-refractivity contribution in [2.45, 2.75) is 26.9 Å². The molecule has 0 bridgehead atoms. The Morgan fingerprint density at radius 3 is 1.87 bits per heavy atom. The van der Waals surface area contributed by atoms with Crippen LogP contribution in [0.1, 0.15) is 30.5 Å². The lowest BCUT2D eigenvalue weighted by Crippen LogP contribution is -2.29. The number of anilines is 1. The topological polar surface area (TPSA) is 90.2 Å². The molecule has 8 nitrogen and oxygen atoms in total. The van der Waals surface area contributed by atoms with Crippen molar-refractivity contribution in [2.24, 2.45) is 0 Å². The molecule has 194 valence electrons. The second-order valence-corrected chi connectivity index (χ2v) is 8.41. The van der Waals surface area contributed by atoms with E-state index >= 15 is 0 Å². The summed E-state index contributed by atoms with van der Waals surface area (Å²) in [5, 5.41) is 0. The fraction of sp³-hybridized carbons (Fsp3) is 0.200. The lowest BCUT2D eigenvalue weighted by molar-refractivity contribution is -0.146. The minimum Gasteiger partial charge on any atom is -0.462 e. The number of nitrogens with zero attached hydrogens (tertiary/aromatic N) is 3. The molecule has 0 saturated carbocycles. The van der Waals surface area contributed by atoms with Crippen LogP contribution in [0.25, 0.3) is 11.7 Å². The Kier molecular flexibility index (Phi) is 8.66. The molecule has 2 aromatic heterocycles. The number of carbonyl (C=O) groups excluding carboxylic acids is 2. The van der Waals surface area contributed by atoms with Gasteiger partial charge in [-0.3, -0.25) is 9.20 Å². The number of pyridine rings is 1. The monoisotopic (exact) mass is 511 g/mol. The van der Waals surface area contributed by atoms with Gasteiger partial charge in [0.15, 0.2) is 0 Å². The van der Waals surface area contributed by atoms with Gasteiger partial charge in [0, 0.05) is 19.3 Å². The van der Waals surface area contributed by atoms with Gasteiger partial charge in [0.25, 0.3) is 5.56 Å². The van der Waals surface area contributed by atoms with Gasteiger partial charge in [-0.25, -0.2) is 14.6 Å². The highest BCUT2D eigenvalue weighted by Crippen LogP contribution is 2.24. The molecule has 0 N–H and O–H groups in total. The molecule has 0 aliphatic heterocycles. The summed E-state index contributed by atoms with van der Waals surface area (Å²) >= 11 is 0. The number of fused-ring (bicyclic) bond motifs is 1. The van der Waals surface area contributed by atoms with E-state index in [0.717, 1.165) is 11.1 Å². The minimum absolute atomic E-state index is 0.0610. The van der Waals surface area contributed by atoms with Crippen LogP contribution in [0.15, 0.2) is 95.4 Å². The number of ether oxygens (including phenoxy) is 2. The van der Waals surface area contributed by atoms with Gasteiger partial charge in [-0.1, -0.05) is 66.7 Å². The van der Waals surface area contributed by atoms with Crippen molar-refractivity contribution in [1.29, 1.82) is 0 Å². The van der Waals surface area contributed by atoms with E-state index in [0.29, 0.717) is 24.6 Å². The molecule has 0 fully saturated rings. The van der Waals surface area contributed by atoms with Crippen molar-refractivity contribution in [2.75, 3.05) is 18.1 Å². The number of carbonyl (C=O) groups is 2. The summed E-state index contributed by atoms with van der Waals surface area (Å²) in [6, 6.07) is 24.8. The predicted molar refractivity (Wildman–Crippen MR) is 145 cm³/mol. The van der Waals surface area contributed by atoms with E-state index in [9.17, 15) is 14.4 Å². The molecule has 0 aliphatic rings. The number of aromatic nitrogens is 2. The minimum atomic E-state index is -0.868. The molecular weight excluding hydrogens is 482 g/mol. The van der Waals surface area contributed by atoms with E-state index in [1.54, 1.807) is 38.2 Å². The largest absolute Gasteiger partial charge is 0.462 e. The van der Waals surface area contributed by atoms with Crippen LogP contribution in [0.3, 0.4) is 0 Å². The molecule has 0 amide bonds. The lowest BCUT2D eigenvalue weighted by atomic mass is 10.1. The quantitative estimate of drug-likeness (QED) is 0.135. The van der Waals surface area contributed by atoms with Gasteiger partial charge in [0.2, 0.25) is 0 Å². The van der Waals surface area contributed by atoms with E-state index < -0.39 is 17.5 Å². The lowest BCUT2D eigenvalue weighted by Gasteiger charge is -2.26. The summed E-state index contributed by atoms with van der Waals surface area (Å²) in [5.74, 6) is -1.40. The third-order valence-electron chi connectivity index (χ3n) is 5.76. The maximum Gasteiger partial charge on any atom is 0.345 e. The molecule has 2 heterocycles. The molecular formula is C30H29N3O5. The molecule has 0 atom stereocenters. The fourth-order valence-corrected chi connectivity index (χ4v) is 4.03. The van der Waals surface area contributed by atoms with E-state index in [2.05, 4.69) is 0 Å². The summed E-state index contributed by atoms with van der Waals surface area (Å²) in [7, 11) is 0. The van der Waals surface area contributed by atoms with E-state index in [1.807, 2.05) is 65.6 Å². The van der Waals surface area contributed by atoms with Crippen LogP contribution in [0.5, 0.6) is 0 Å². The SMILES string of the molecule is CCOC(=O)C(=Cc1c(N(Cc2ccccc2)Cc2ccccc2)nc2ccccn2c1=O)C(=O)OCC. The first kappa shape index (κ1) is 26.3. The standard InChI is InChI=1S/C30H29N3O5/c1-3-37-29(35)25(30(36)38-4-2)19-24-27(31-26-17-11-12-18-33(26)28(24)34)32(20-22-13-7-5-8-14-22)21-23-15-9-6-10-16-23/h5-19H,3-4,20-21H2,1-2H3. The zero-order valence-corrected chi connectivity index (χ0v) is 21.4. The van der Waals surface area contributed by atoms with Crippen LogP contribution in [0.4, 0.5) is 5.82 Å². The third kappa shape index (κ3) is 6.15. The van der Waals surface area contributed by atoms with Crippen molar-refractivity contribution in [3.05, 3.63) is 118 Å². The average molecular weight is 512 g/mol. The van der Waals surface area contributed by atoms with E-state index in [4.69, 9.17) is 14.5 Å². The maximum atomic E-state index is 13.8. The first-order valence-corrected chi connectivity index (χ1v) is 12.4. The Morgan fingerprint density at radius 2 is 1.34 bits per heavy atom. The second-order valence-electron chi connectivity index (χ2n) is 8.41. The average Bonchev–Trinajstić information content (AvgIpc) is 2.93. The summed E-state index contributed by atoms with van der Waals surface area (Å²) in [4.78, 5) is 46.1. The molecule has 0 spiro atoms. The van der Waals surface area contributed by atoms with Crippen molar-refractivity contribution in [1.82, 2.24) is 9.38 Å². The summed E-state index contributed by atoms with van der Waals surface area (Å²) in [6.45, 7) is 4.26. The highest BCUT2D eigenvalue weighted by molar-refractivity contribution is 6.18. The van der Waals surface area contributed by atoms with Gasteiger partial charge >= 0.3 is 11.9 Å². The Balaban J connectivity index is 1.96. The van der Waals surface area contributed by atoms with Crippen LogP contribution < -0.4 is 10.5 Å². The van der Waals surface area contributed by atoms with Gasteiger partial charge in [0.05, 0.1) is 18.8 Å². The Labute approximate surface area is 220 Å². The Hall–Kier alpha value is -4.72. The molecule has 0 radical (unpaired) electrons. The molecule has 0 unspecified atom stereocenters. The molecule has 8 heteroatoms. The van der Waals surface area contributed by atoms with Crippen molar-refractivity contribution >= 4 is 29.5 Å². The van der Waals surface area contributed by atoms with Crippen molar-refractivity contribution in [3.8, 4) is 0 Å². The smallest absolute Gasteiger partial charge is 0.345 e. The molecule has 0 aliphatic carbocycles. The zero-order valence-electron chi connectivity index (χ0n) is 21.4. The van der Waals surface area contributed by atoms with E-state index in [-0.39, 0.29) is 24.4 Å². The molecule has 2 aromatic carbocycles. The summed E-state index contributed by atoms with van der Waals surface area (Å²) in [5.41, 5.74) is 1.72. The van der Waals surface area contributed by atoms with Gasteiger partial charge in [-0.05, 0) is 43.2 Å². The second kappa shape index (κ2) is 12.5. The normalized spacial score (nSPS) is 10.6. The van der Waals surface area contributed by atoms with Crippen LogP contribution in [0.2, 0.25) is 0 Å². The fourth-order valence-electron chi connectivity index (χ4n) is 4.03. The van der Waals surface area contributed by atoms with Crippen molar-refractivity contribution < 1.29 is 19.1 Å². The number of hydrogen-bond acceptors (Lipinski definition) is 7. The zero-order chi connectivity index (χ0) is 26.9. The van der Waals surface area contributed by atoms with E-state index in [1.165, 1.54) is 10.5 Å². The van der Waals surface area contributed by atoms with Crippen LogP contribution >= 0.6 is 0 Å². The van der Waals surface area contributed by atoms with Gasteiger partial charge in [-0.15, -0.1) is 0 Å². The molecule has 4 aromatic rings. The van der Waals surface area contributed by atoms with Crippen LogP contribution in [-0.4, -0.2) is 34.5 Å². The van der Waals surface area contributed by atoms with Gasteiger partial charge in [-0.2, -0.15) is 0 Å². The number of benzene rings is 2. The third-order valence-corrected chi connectivity index (χ3v) is 5.76. The molecule has 4 rings (SSSR count). The summed E-state index contributed by atoms with van der Waals surface area (Å²) < 4.78 is 11.6. The Morgan fingerprint density at radius 1 is 0.816 bits per heavy atom. The van der Waals surface area contributed by atoms with Crippen LogP contribution in [0, 0.1) is 0 Å². The first-order valence-electron chi connectivity index (χ1n) is 12.4. The Bertz CT molecular complexity index is 1440. The van der Waals surface area contributed by atoms with Gasteiger partial charge in [0.1, 0.15) is 17.0 Å². The maximum absolute atomic E-state index is 13.8. The predicted octanol–water partition coefficient (Wildman–Crippen LogP) is 4.41. The number of rotatable bonds is 10. The number of hydrogen-bond donors (Lipinski definition) is 0. The van der Waals surface area contributed by atoms with Crippen LogP contribution in [-0.2, 0) is 32.2 Å². The molecule has 0 saturated heterocycles. The first-order chi connectivity index (χ1) is 18.5.